The van der Waals surface area contributed by atoms with Gasteiger partial charge in [-0.15, -0.1) is 24.0 Å². The molecule has 11 heteroatoms. The van der Waals surface area contributed by atoms with E-state index in [1.165, 1.54) is 6.07 Å². The molecule has 1 aliphatic heterocycles. The van der Waals surface area contributed by atoms with E-state index in [-0.39, 0.29) is 48.1 Å². The number of rotatable bonds is 8. The SMILES string of the molecule is CN=C(NCc1ccccc1OC(F)F)NCc1cccnc1N1CCC(C(N)=O)CC1.I. The summed E-state index contributed by atoms with van der Waals surface area (Å²) in [6.45, 7) is -0.723. The summed E-state index contributed by atoms with van der Waals surface area (Å²) in [4.78, 5) is 22.3. The predicted molar refractivity (Wildman–Crippen MR) is 134 cm³/mol. The number of amides is 1. The molecule has 0 aliphatic carbocycles. The zero-order chi connectivity index (χ0) is 22.9. The molecule has 0 spiro atoms. The number of hydrogen-bond acceptors (Lipinski definition) is 5. The molecule has 1 amide bonds. The van der Waals surface area contributed by atoms with Gasteiger partial charge in [0.25, 0.3) is 0 Å². The van der Waals surface area contributed by atoms with E-state index in [9.17, 15) is 13.6 Å². The molecule has 1 aromatic carbocycles. The first kappa shape index (κ1) is 26.6. The predicted octanol–water partition coefficient (Wildman–Crippen LogP) is 2.87. The molecule has 33 heavy (non-hydrogen) atoms. The van der Waals surface area contributed by atoms with Crippen LogP contribution in [0.25, 0.3) is 0 Å². The van der Waals surface area contributed by atoms with Crippen molar-refractivity contribution >= 4 is 41.7 Å². The number of carbonyl (C=O) groups is 1. The summed E-state index contributed by atoms with van der Waals surface area (Å²) >= 11 is 0. The fourth-order valence-corrected chi connectivity index (χ4v) is 3.67. The summed E-state index contributed by atoms with van der Waals surface area (Å²) in [5.41, 5.74) is 7.01. The minimum atomic E-state index is -2.88. The van der Waals surface area contributed by atoms with Crippen molar-refractivity contribution in [3.8, 4) is 5.75 Å². The zero-order valence-electron chi connectivity index (χ0n) is 18.3. The highest BCUT2D eigenvalue weighted by Crippen LogP contribution is 2.24. The number of nitrogens with zero attached hydrogens (tertiary/aromatic N) is 3. The summed E-state index contributed by atoms with van der Waals surface area (Å²) in [6.07, 6.45) is 3.16. The molecule has 0 bridgehead atoms. The number of guanidine groups is 1. The Labute approximate surface area is 209 Å². The number of primary amides is 1. The number of para-hydroxylation sites is 1. The van der Waals surface area contributed by atoms with E-state index in [4.69, 9.17) is 5.73 Å². The van der Waals surface area contributed by atoms with Gasteiger partial charge in [-0.2, -0.15) is 8.78 Å². The van der Waals surface area contributed by atoms with Crippen LogP contribution in [0.1, 0.15) is 24.0 Å². The largest absolute Gasteiger partial charge is 0.434 e. The van der Waals surface area contributed by atoms with Crippen LogP contribution in [-0.4, -0.2) is 43.6 Å². The highest BCUT2D eigenvalue weighted by atomic mass is 127. The molecule has 2 aromatic rings. The van der Waals surface area contributed by atoms with E-state index >= 15 is 0 Å². The number of aromatic nitrogens is 1. The molecule has 8 nitrogen and oxygen atoms in total. The van der Waals surface area contributed by atoms with Crippen LogP contribution in [0.5, 0.6) is 5.75 Å². The standard InChI is InChI=1S/C22H28F2N6O2.HI/c1-26-22(28-13-16-5-2-3-7-18(16)32-21(23)24)29-14-17-6-4-10-27-20(17)30-11-8-15(9-12-30)19(25)31;/h2-7,10,15,21H,8-9,11-14H2,1H3,(H2,25,31)(H2,26,28,29);1H. The van der Waals surface area contributed by atoms with Gasteiger partial charge in [-0.25, -0.2) is 4.98 Å². The lowest BCUT2D eigenvalue weighted by Crippen LogP contribution is -2.40. The van der Waals surface area contributed by atoms with Crippen LogP contribution in [-0.2, 0) is 17.9 Å². The molecular weight excluding hydrogens is 545 g/mol. The minimum absolute atomic E-state index is 0. The molecular formula is C22H29F2IN6O2. The number of pyridine rings is 1. The third-order valence-electron chi connectivity index (χ3n) is 5.37. The average Bonchev–Trinajstić information content (AvgIpc) is 2.80. The second-order valence-electron chi connectivity index (χ2n) is 7.42. The van der Waals surface area contributed by atoms with Crippen molar-refractivity contribution in [1.29, 1.82) is 0 Å². The monoisotopic (exact) mass is 574 g/mol. The fraction of sp³-hybridized carbons (Fsp3) is 0.409. The summed E-state index contributed by atoms with van der Waals surface area (Å²) < 4.78 is 29.8. The van der Waals surface area contributed by atoms with Gasteiger partial charge < -0.3 is 26.0 Å². The van der Waals surface area contributed by atoms with Crippen LogP contribution in [0.2, 0.25) is 0 Å². The number of carbonyl (C=O) groups excluding carboxylic acids is 1. The summed E-state index contributed by atoms with van der Waals surface area (Å²) in [5, 5.41) is 6.35. The van der Waals surface area contributed by atoms with Crippen LogP contribution < -0.4 is 26.0 Å². The van der Waals surface area contributed by atoms with E-state index < -0.39 is 6.61 Å². The molecule has 1 saturated heterocycles. The molecule has 180 valence electrons. The van der Waals surface area contributed by atoms with Crippen molar-refractivity contribution in [2.24, 2.45) is 16.6 Å². The molecule has 0 unspecified atom stereocenters. The Morgan fingerprint density at radius 1 is 1.18 bits per heavy atom. The van der Waals surface area contributed by atoms with Crippen LogP contribution in [0, 0.1) is 5.92 Å². The smallest absolute Gasteiger partial charge is 0.387 e. The Hall–Kier alpha value is -2.70. The van der Waals surface area contributed by atoms with Crippen molar-refractivity contribution in [1.82, 2.24) is 15.6 Å². The number of aliphatic imine (C=N–C) groups is 1. The highest BCUT2D eigenvalue weighted by molar-refractivity contribution is 14.0. The maximum absolute atomic E-state index is 12.6. The lowest BCUT2D eigenvalue weighted by molar-refractivity contribution is -0.122. The van der Waals surface area contributed by atoms with Gasteiger partial charge in [0.15, 0.2) is 5.96 Å². The molecule has 0 atom stereocenters. The number of nitrogens with one attached hydrogen (secondary N) is 2. The van der Waals surface area contributed by atoms with E-state index in [0.29, 0.717) is 44.0 Å². The van der Waals surface area contributed by atoms with Crippen LogP contribution in [0.3, 0.4) is 0 Å². The number of halogens is 3. The first-order chi connectivity index (χ1) is 15.5. The number of piperidine rings is 1. The molecule has 3 rings (SSSR count). The molecule has 2 heterocycles. The third kappa shape index (κ3) is 7.69. The van der Waals surface area contributed by atoms with Gasteiger partial charge in [-0.3, -0.25) is 9.79 Å². The first-order valence-electron chi connectivity index (χ1n) is 10.4. The number of nitrogens with two attached hydrogens (primary N) is 1. The molecule has 1 fully saturated rings. The minimum Gasteiger partial charge on any atom is -0.434 e. The molecule has 4 N–H and O–H groups in total. The van der Waals surface area contributed by atoms with Gasteiger partial charge in [-0.05, 0) is 25.0 Å². The number of hydrogen-bond donors (Lipinski definition) is 3. The fourth-order valence-electron chi connectivity index (χ4n) is 3.67. The summed E-state index contributed by atoms with van der Waals surface area (Å²) in [5.74, 6) is 1.16. The van der Waals surface area contributed by atoms with Gasteiger partial charge in [-0.1, -0.05) is 24.3 Å². The quantitative estimate of drug-likeness (QED) is 0.255. The Balaban J connectivity index is 0.00000385. The molecule has 1 aliphatic rings. The number of anilines is 1. The maximum atomic E-state index is 12.6. The average molecular weight is 574 g/mol. The molecule has 1 aromatic heterocycles. The van der Waals surface area contributed by atoms with E-state index in [1.54, 1.807) is 31.4 Å². The van der Waals surface area contributed by atoms with Crippen LogP contribution >= 0.6 is 24.0 Å². The Kier molecular flexibility index (Phi) is 10.6. The van der Waals surface area contributed by atoms with E-state index in [0.717, 1.165) is 11.4 Å². The lowest BCUT2D eigenvalue weighted by Gasteiger charge is -2.32. The highest BCUT2D eigenvalue weighted by Gasteiger charge is 2.25. The summed E-state index contributed by atoms with van der Waals surface area (Å²) in [6, 6.07) is 10.5. The maximum Gasteiger partial charge on any atom is 0.387 e. The Bertz CT molecular complexity index is 939. The van der Waals surface area contributed by atoms with Gasteiger partial charge in [0.1, 0.15) is 11.6 Å². The number of benzene rings is 1. The number of ether oxygens (including phenoxy) is 1. The second-order valence-corrected chi connectivity index (χ2v) is 7.42. The van der Waals surface area contributed by atoms with Crippen molar-refractivity contribution < 1.29 is 18.3 Å². The summed E-state index contributed by atoms with van der Waals surface area (Å²) in [7, 11) is 1.63. The van der Waals surface area contributed by atoms with E-state index in [2.05, 4.69) is 30.2 Å². The normalized spacial score (nSPS) is 14.5. The van der Waals surface area contributed by atoms with Crippen LogP contribution in [0.4, 0.5) is 14.6 Å². The second kappa shape index (κ2) is 13.1. The van der Waals surface area contributed by atoms with Crippen molar-refractivity contribution in [3.63, 3.8) is 0 Å². The Morgan fingerprint density at radius 2 is 1.82 bits per heavy atom. The molecule has 0 saturated carbocycles. The van der Waals surface area contributed by atoms with Crippen molar-refractivity contribution in [2.45, 2.75) is 32.5 Å². The van der Waals surface area contributed by atoms with E-state index in [1.807, 2.05) is 12.1 Å². The Morgan fingerprint density at radius 3 is 2.45 bits per heavy atom. The third-order valence-corrected chi connectivity index (χ3v) is 5.37. The lowest BCUT2D eigenvalue weighted by atomic mass is 9.96. The molecule has 0 radical (unpaired) electrons. The van der Waals surface area contributed by atoms with Gasteiger partial charge in [0, 0.05) is 56.5 Å². The van der Waals surface area contributed by atoms with Crippen molar-refractivity contribution in [3.05, 3.63) is 53.7 Å². The zero-order valence-corrected chi connectivity index (χ0v) is 20.7. The van der Waals surface area contributed by atoms with Crippen LogP contribution in [0.15, 0.2) is 47.6 Å². The van der Waals surface area contributed by atoms with Crippen molar-refractivity contribution in [2.75, 3.05) is 25.0 Å². The van der Waals surface area contributed by atoms with Gasteiger partial charge in [0.2, 0.25) is 5.91 Å². The number of alkyl halides is 2. The topological polar surface area (TPSA) is 105 Å². The van der Waals surface area contributed by atoms with Gasteiger partial charge in [0.05, 0.1) is 0 Å². The van der Waals surface area contributed by atoms with Gasteiger partial charge >= 0.3 is 6.61 Å². The first-order valence-corrected chi connectivity index (χ1v) is 10.4.